The summed E-state index contributed by atoms with van der Waals surface area (Å²) < 4.78 is 0. The van der Waals surface area contributed by atoms with Crippen molar-refractivity contribution in [1.29, 1.82) is 0 Å². The Labute approximate surface area is 124 Å². The van der Waals surface area contributed by atoms with Gasteiger partial charge >= 0.3 is 12.0 Å². The summed E-state index contributed by atoms with van der Waals surface area (Å²) in [7, 11) is 0. The Bertz CT molecular complexity index is 356. The summed E-state index contributed by atoms with van der Waals surface area (Å²) in [4.78, 5) is 24.6. The van der Waals surface area contributed by atoms with Gasteiger partial charge in [0.15, 0.2) is 0 Å². The Balaban J connectivity index is 1.74. The van der Waals surface area contributed by atoms with Crippen LogP contribution in [0.5, 0.6) is 0 Å². The maximum Gasteiger partial charge on any atom is 0.327 e. The van der Waals surface area contributed by atoms with Crippen LogP contribution in [0.3, 0.4) is 0 Å². The molecule has 1 saturated carbocycles. The van der Waals surface area contributed by atoms with Gasteiger partial charge in [-0.15, -0.1) is 11.8 Å². The van der Waals surface area contributed by atoms with Gasteiger partial charge in [0.1, 0.15) is 6.04 Å². The van der Waals surface area contributed by atoms with Gasteiger partial charge in [-0.2, -0.15) is 0 Å². The summed E-state index contributed by atoms with van der Waals surface area (Å²) in [5, 5.41) is 12.0. The van der Waals surface area contributed by atoms with Crippen LogP contribution in [-0.2, 0) is 4.79 Å². The lowest BCUT2D eigenvalue weighted by Crippen LogP contribution is -2.48. The molecule has 0 bridgehead atoms. The number of hydrogen-bond acceptors (Lipinski definition) is 3. The number of thioether (sulfide) groups is 1. The van der Waals surface area contributed by atoms with Gasteiger partial charge < -0.3 is 15.3 Å². The molecule has 6 heteroatoms. The van der Waals surface area contributed by atoms with Gasteiger partial charge in [-0.25, -0.2) is 9.59 Å². The number of nitrogens with one attached hydrogen (secondary N) is 1. The Kier molecular flexibility index (Phi) is 5.57. The third-order valence-corrected chi connectivity index (χ3v) is 5.53. The number of nitrogens with zero attached hydrogens (tertiary/aromatic N) is 1. The van der Waals surface area contributed by atoms with E-state index in [0.29, 0.717) is 24.1 Å². The predicted molar refractivity (Wildman–Crippen MR) is 79.7 cm³/mol. The molecule has 114 valence electrons. The van der Waals surface area contributed by atoms with E-state index in [9.17, 15) is 9.59 Å². The smallest absolute Gasteiger partial charge is 0.327 e. The molecule has 1 aliphatic heterocycles. The fourth-order valence-electron chi connectivity index (χ4n) is 3.02. The number of carboxylic acid groups (broad SMARTS) is 1. The van der Waals surface area contributed by atoms with Crippen LogP contribution >= 0.6 is 11.8 Å². The zero-order valence-electron chi connectivity index (χ0n) is 12.0. The molecule has 1 unspecified atom stereocenters. The minimum Gasteiger partial charge on any atom is -0.480 e. The van der Waals surface area contributed by atoms with Crippen molar-refractivity contribution in [3.63, 3.8) is 0 Å². The van der Waals surface area contributed by atoms with E-state index in [2.05, 4.69) is 12.2 Å². The third-order valence-electron chi connectivity index (χ3n) is 4.51. The summed E-state index contributed by atoms with van der Waals surface area (Å²) in [5.74, 6) is 1.47. The van der Waals surface area contributed by atoms with Gasteiger partial charge in [-0.05, 0) is 24.7 Å². The van der Waals surface area contributed by atoms with Crippen molar-refractivity contribution in [2.45, 2.75) is 45.1 Å². The lowest BCUT2D eigenvalue weighted by Gasteiger charge is -2.29. The van der Waals surface area contributed by atoms with Crippen LogP contribution in [0.1, 0.15) is 39.0 Å². The molecule has 1 saturated heterocycles. The molecule has 1 atom stereocenters. The Morgan fingerprint density at radius 1 is 1.25 bits per heavy atom. The van der Waals surface area contributed by atoms with E-state index in [0.717, 1.165) is 5.92 Å². The number of hydrogen-bond donors (Lipinski definition) is 2. The van der Waals surface area contributed by atoms with E-state index in [-0.39, 0.29) is 6.03 Å². The lowest BCUT2D eigenvalue weighted by molar-refractivity contribution is -0.140. The summed E-state index contributed by atoms with van der Waals surface area (Å²) in [6.07, 6.45) is 6.12. The number of carbonyl (C=O) groups is 2. The number of aliphatic carboxylic acids is 1. The van der Waals surface area contributed by atoms with Crippen LogP contribution in [0.25, 0.3) is 0 Å². The van der Waals surface area contributed by atoms with E-state index in [1.54, 1.807) is 0 Å². The third kappa shape index (κ3) is 3.81. The van der Waals surface area contributed by atoms with E-state index in [4.69, 9.17) is 5.11 Å². The molecule has 0 aromatic rings. The molecule has 1 heterocycles. The normalized spacial score (nSPS) is 30.2. The molecule has 2 fully saturated rings. The molecular formula is C14H24N2O3S. The molecule has 5 nitrogen and oxygen atoms in total. The van der Waals surface area contributed by atoms with E-state index in [1.165, 1.54) is 48.8 Å². The first-order valence-electron chi connectivity index (χ1n) is 7.46. The molecule has 20 heavy (non-hydrogen) atoms. The molecule has 2 aliphatic rings. The van der Waals surface area contributed by atoms with Crippen molar-refractivity contribution in [3.8, 4) is 0 Å². The quantitative estimate of drug-likeness (QED) is 0.836. The van der Waals surface area contributed by atoms with Crippen LogP contribution in [0.4, 0.5) is 4.79 Å². The van der Waals surface area contributed by atoms with E-state index >= 15 is 0 Å². The van der Waals surface area contributed by atoms with Gasteiger partial charge in [-0.3, -0.25) is 0 Å². The zero-order chi connectivity index (χ0) is 14.5. The van der Waals surface area contributed by atoms with E-state index in [1.807, 2.05) is 0 Å². The molecular weight excluding hydrogens is 276 g/mol. The minimum atomic E-state index is -0.909. The maximum atomic E-state index is 12.1. The van der Waals surface area contributed by atoms with Crippen LogP contribution in [-0.4, -0.2) is 46.2 Å². The SMILES string of the molecule is CCC1CCC(CNC(=O)N2CSCC2C(=O)O)CC1. The number of carbonyl (C=O) groups excluding carboxylic acids is 1. The summed E-state index contributed by atoms with van der Waals surface area (Å²) in [6.45, 7) is 2.92. The van der Waals surface area contributed by atoms with Crippen LogP contribution in [0.15, 0.2) is 0 Å². The van der Waals surface area contributed by atoms with Crippen LogP contribution in [0.2, 0.25) is 0 Å². The van der Waals surface area contributed by atoms with Crippen molar-refractivity contribution in [2.75, 3.05) is 18.2 Å². The monoisotopic (exact) mass is 300 g/mol. The molecule has 0 aromatic heterocycles. The number of rotatable bonds is 4. The molecule has 2 amide bonds. The fourth-order valence-corrected chi connectivity index (χ4v) is 4.17. The van der Waals surface area contributed by atoms with E-state index < -0.39 is 12.0 Å². The highest BCUT2D eigenvalue weighted by molar-refractivity contribution is 7.99. The summed E-state index contributed by atoms with van der Waals surface area (Å²) >= 11 is 1.50. The van der Waals surface area contributed by atoms with Gasteiger partial charge in [0.25, 0.3) is 0 Å². The van der Waals surface area contributed by atoms with Crippen molar-refractivity contribution < 1.29 is 14.7 Å². The first kappa shape index (κ1) is 15.5. The number of carboxylic acids is 1. The molecule has 2 rings (SSSR count). The van der Waals surface area contributed by atoms with Crippen molar-refractivity contribution in [3.05, 3.63) is 0 Å². The molecule has 2 N–H and O–H groups in total. The van der Waals surface area contributed by atoms with Gasteiger partial charge in [0.2, 0.25) is 0 Å². The second kappa shape index (κ2) is 7.20. The molecule has 0 spiro atoms. The predicted octanol–water partition coefficient (Wildman–Crippen LogP) is 2.37. The minimum absolute atomic E-state index is 0.222. The lowest BCUT2D eigenvalue weighted by atomic mass is 9.81. The standard InChI is InChI=1S/C14H24N2O3S/c1-2-10-3-5-11(6-4-10)7-15-14(19)16-9-20-8-12(16)13(17)18/h10-12H,2-9H2,1H3,(H,15,19)(H,17,18). The van der Waals surface area contributed by atoms with Crippen LogP contribution in [0, 0.1) is 11.8 Å². The highest BCUT2D eigenvalue weighted by Crippen LogP contribution is 2.30. The topological polar surface area (TPSA) is 69.6 Å². The maximum absolute atomic E-state index is 12.1. The molecule has 0 radical (unpaired) electrons. The van der Waals surface area contributed by atoms with Gasteiger partial charge in [0.05, 0.1) is 5.88 Å². The second-order valence-electron chi connectivity index (χ2n) is 5.80. The Morgan fingerprint density at radius 2 is 1.90 bits per heavy atom. The largest absolute Gasteiger partial charge is 0.480 e. The average molecular weight is 300 g/mol. The molecule has 1 aliphatic carbocycles. The second-order valence-corrected chi connectivity index (χ2v) is 6.80. The van der Waals surface area contributed by atoms with Crippen molar-refractivity contribution in [2.24, 2.45) is 11.8 Å². The summed E-state index contributed by atoms with van der Waals surface area (Å²) in [5.41, 5.74) is 0. The van der Waals surface area contributed by atoms with Gasteiger partial charge in [0, 0.05) is 12.3 Å². The highest BCUT2D eigenvalue weighted by Gasteiger charge is 2.34. The number of urea groups is 1. The fraction of sp³-hybridized carbons (Fsp3) is 0.857. The summed E-state index contributed by atoms with van der Waals surface area (Å²) in [6, 6.07) is -0.893. The average Bonchev–Trinajstić information content (AvgIpc) is 2.95. The first-order valence-corrected chi connectivity index (χ1v) is 8.62. The van der Waals surface area contributed by atoms with Gasteiger partial charge in [-0.1, -0.05) is 26.2 Å². The first-order chi connectivity index (χ1) is 9.61. The zero-order valence-corrected chi connectivity index (χ0v) is 12.8. The Hall–Kier alpha value is -0.910. The number of amides is 2. The highest BCUT2D eigenvalue weighted by atomic mass is 32.2. The Morgan fingerprint density at radius 3 is 2.50 bits per heavy atom. The molecule has 0 aromatic carbocycles. The van der Waals surface area contributed by atoms with Crippen molar-refractivity contribution in [1.82, 2.24) is 10.2 Å². The van der Waals surface area contributed by atoms with Crippen molar-refractivity contribution >= 4 is 23.8 Å². The van der Waals surface area contributed by atoms with Crippen LogP contribution < -0.4 is 5.32 Å².